The molecule has 2 aliphatic heterocycles. The van der Waals surface area contributed by atoms with Crippen molar-refractivity contribution in [2.24, 2.45) is 0 Å². The highest BCUT2D eigenvalue weighted by molar-refractivity contribution is 7.89. The molecule has 152 valence electrons. The van der Waals surface area contributed by atoms with E-state index in [1.165, 1.54) is 17.5 Å². The molecule has 1 aromatic rings. The second kappa shape index (κ2) is 9.20. The summed E-state index contributed by atoms with van der Waals surface area (Å²) in [4.78, 5) is 14.6. The van der Waals surface area contributed by atoms with Crippen molar-refractivity contribution in [3.63, 3.8) is 0 Å². The largest absolute Gasteiger partial charge is 0.495 e. The maximum Gasteiger partial charge on any atom is 0.253 e. The molecule has 1 atom stereocenters. The third-order valence-electron chi connectivity index (χ3n) is 4.65. The molecule has 0 spiro atoms. The lowest BCUT2D eigenvalue weighted by Crippen LogP contribution is -2.51. The van der Waals surface area contributed by atoms with Crippen molar-refractivity contribution in [2.75, 3.05) is 53.0 Å². The zero-order valence-electron chi connectivity index (χ0n) is 15.5. The molecular formula is C17H26ClN3O5S. The minimum atomic E-state index is -3.76. The number of hydrogen-bond acceptors (Lipinski definition) is 6. The fourth-order valence-electron chi connectivity index (χ4n) is 3.24. The number of carbonyl (C=O) groups excluding carboxylic acids is 1. The Morgan fingerprint density at radius 1 is 1.26 bits per heavy atom. The van der Waals surface area contributed by atoms with Crippen molar-refractivity contribution >= 4 is 28.3 Å². The van der Waals surface area contributed by atoms with Gasteiger partial charge in [0.25, 0.3) is 5.91 Å². The first-order valence-corrected chi connectivity index (χ1v) is 10.2. The molecule has 2 heterocycles. The van der Waals surface area contributed by atoms with Crippen LogP contribution in [0.1, 0.15) is 17.3 Å². The van der Waals surface area contributed by atoms with Crippen LogP contribution in [0.15, 0.2) is 23.1 Å². The molecule has 0 saturated carbocycles. The fourth-order valence-corrected chi connectivity index (χ4v) is 4.83. The SMILES string of the molecule is COc1ccc(C(=O)N2CCNC(C)C2)cc1S(=O)(=O)N1CCOCC1.Cl. The van der Waals surface area contributed by atoms with Gasteiger partial charge in [0, 0.05) is 44.3 Å². The highest BCUT2D eigenvalue weighted by Gasteiger charge is 2.31. The summed E-state index contributed by atoms with van der Waals surface area (Å²) in [5.74, 6) is 0.0705. The number of methoxy groups -OCH3 is 1. The topological polar surface area (TPSA) is 88.2 Å². The van der Waals surface area contributed by atoms with Crippen LogP contribution in [0.5, 0.6) is 5.75 Å². The lowest BCUT2D eigenvalue weighted by molar-refractivity contribution is 0.0707. The molecule has 10 heteroatoms. The van der Waals surface area contributed by atoms with Gasteiger partial charge in [0.1, 0.15) is 10.6 Å². The number of piperazine rings is 1. The van der Waals surface area contributed by atoms with Crippen LogP contribution in [0.3, 0.4) is 0 Å². The molecule has 0 aromatic heterocycles. The minimum Gasteiger partial charge on any atom is -0.495 e. The van der Waals surface area contributed by atoms with Crippen molar-refractivity contribution in [1.29, 1.82) is 0 Å². The lowest BCUT2D eigenvalue weighted by atomic mass is 10.1. The number of nitrogens with zero attached hydrogens (tertiary/aromatic N) is 2. The zero-order valence-corrected chi connectivity index (χ0v) is 17.1. The van der Waals surface area contributed by atoms with Crippen LogP contribution in [-0.2, 0) is 14.8 Å². The second-order valence-corrected chi connectivity index (χ2v) is 8.39. The van der Waals surface area contributed by atoms with Gasteiger partial charge < -0.3 is 19.7 Å². The fraction of sp³-hybridized carbons (Fsp3) is 0.588. The summed E-state index contributed by atoms with van der Waals surface area (Å²) in [7, 11) is -2.33. The summed E-state index contributed by atoms with van der Waals surface area (Å²) in [6, 6.07) is 4.80. The van der Waals surface area contributed by atoms with Gasteiger partial charge in [0.15, 0.2) is 0 Å². The van der Waals surface area contributed by atoms with Crippen LogP contribution in [-0.4, -0.2) is 82.6 Å². The maximum atomic E-state index is 13.0. The average Bonchev–Trinajstić information content (AvgIpc) is 2.67. The van der Waals surface area contributed by atoms with Crippen molar-refractivity contribution in [1.82, 2.24) is 14.5 Å². The van der Waals surface area contributed by atoms with Crippen LogP contribution >= 0.6 is 12.4 Å². The van der Waals surface area contributed by atoms with Crippen molar-refractivity contribution in [3.8, 4) is 5.75 Å². The summed E-state index contributed by atoms with van der Waals surface area (Å²) in [5.41, 5.74) is 0.353. The molecule has 2 fully saturated rings. The Kier molecular flexibility index (Phi) is 7.47. The number of sulfonamides is 1. The van der Waals surface area contributed by atoms with E-state index in [2.05, 4.69) is 5.32 Å². The van der Waals surface area contributed by atoms with Gasteiger partial charge in [-0.15, -0.1) is 12.4 Å². The number of nitrogens with one attached hydrogen (secondary N) is 1. The standard InChI is InChI=1S/C17H25N3O5S.ClH/c1-13-12-19(6-5-18-13)17(21)14-3-4-15(24-2)16(11-14)26(22,23)20-7-9-25-10-8-20;/h3-4,11,13,18H,5-10,12H2,1-2H3;1H. The Morgan fingerprint density at radius 2 is 1.96 bits per heavy atom. The quantitative estimate of drug-likeness (QED) is 0.767. The number of morpholine rings is 1. The minimum absolute atomic E-state index is 0. The van der Waals surface area contributed by atoms with E-state index < -0.39 is 10.0 Å². The molecule has 1 aromatic carbocycles. The van der Waals surface area contributed by atoms with Gasteiger partial charge in [-0.2, -0.15) is 4.31 Å². The van der Waals surface area contributed by atoms with E-state index in [9.17, 15) is 13.2 Å². The second-order valence-electron chi connectivity index (χ2n) is 6.49. The summed E-state index contributed by atoms with van der Waals surface area (Å²) in [6.45, 7) is 5.23. The Balaban J connectivity index is 0.00000261. The van der Waals surface area contributed by atoms with Crippen LogP contribution in [0.2, 0.25) is 0 Å². The van der Waals surface area contributed by atoms with E-state index in [-0.39, 0.29) is 35.0 Å². The summed E-state index contributed by atoms with van der Waals surface area (Å²) < 4.78 is 37.9. The monoisotopic (exact) mass is 419 g/mol. The number of rotatable bonds is 4. The number of amides is 1. The molecule has 1 unspecified atom stereocenters. The third kappa shape index (κ3) is 4.72. The molecule has 2 saturated heterocycles. The Bertz CT molecular complexity index is 768. The Hall–Kier alpha value is -1.39. The predicted molar refractivity (Wildman–Crippen MR) is 103 cm³/mol. The Morgan fingerprint density at radius 3 is 2.59 bits per heavy atom. The molecule has 2 aliphatic rings. The number of hydrogen-bond donors (Lipinski definition) is 1. The van der Waals surface area contributed by atoms with Gasteiger partial charge in [-0.05, 0) is 25.1 Å². The van der Waals surface area contributed by atoms with Gasteiger partial charge in [-0.25, -0.2) is 8.42 Å². The van der Waals surface area contributed by atoms with Crippen LogP contribution in [0.4, 0.5) is 0 Å². The summed E-state index contributed by atoms with van der Waals surface area (Å²) in [6.07, 6.45) is 0. The lowest BCUT2D eigenvalue weighted by Gasteiger charge is -2.32. The first-order valence-electron chi connectivity index (χ1n) is 8.72. The average molecular weight is 420 g/mol. The highest BCUT2D eigenvalue weighted by atomic mass is 35.5. The molecule has 0 aliphatic carbocycles. The number of ether oxygens (including phenoxy) is 2. The first kappa shape index (κ1) is 21.9. The number of benzene rings is 1. The van der Waals surface area contributed by atoms with Crippen LogP contribution < -0.4 is 10.1 Å². The van der Waals surface area contributed by atoms with Gasteiger partial charge in [-0.3, -0.25) is 4.79 Å². The van der Waals surface area contributed by atoms with Crippen molar-refractivity contribution in [3.05, 3.63) is 23.8 Å². The molecule has 0 bridgehead atoms. The number of carbonyl (C=O) groups is 1. The van der Waals surface area contributed by atoms with Gasteiger partial charge in [0.05, 0.1) is 20.3 Å². The molecule has 3 rings (SSSR count). The van der Waals surface area contributed by atoms with Crippen LogP contribution in [0.25, 0.3) is 0 Å². The predicted octanol–water partition coefficient (Wildman–Crippen LogP) is 0.572. The first-order chi connectivity index (χ1) is 12.4. The smallest absolute Gasteiger partial charge is 0.253 e. The maximum absolute atomic E-state index is 13.0. The molecule has 0 radical (unpaired) electrons. The van der Waals surface area contributed by atoms with Gasteiger partial charge in [0.2, 0.25) is 10.0 Å². The van der Waals surface area contributed by atoms with Crippen molar-refractivity contribution in [2.45, 2.75) is 17.9 Å². The zero-order chi connectivity index (χ0) is 18.7. The number of halogens is 1. The third-order valence-corrected chi connectivity index (χ3v) is 6.57. The van der Waals surface area contributed by atoms with E-state index in [4.69, 9.17) is 9.47 Å². The molecule has 27 heavy (non-hydrogen) atoms. The molecular weight excluding hydrogens is 394 g/mol. The van der Waals surface area contributed by atoms with Crippen LogP contribution in [0, 0.1) is 0 Å². The van der Waals surface area contributed by atoms with E-state index in [0.29, 0.717) is 45.0 Å². The highest BCUT2D eigenvalue weighted by Crippen LogP contribution is 2.29. The normalized spacial score (nSPS) is 21.4. The Labute approximate surface area is 166 Å². The summed E-state index contributed by atoms with van der Waals surface area (Å²) >= 11 is 0. The van der Waals surface area contributed by atoms with E-state index in [0.717, 1.165) is 6.54 Å². The van der Waals surface area contributed by atoms with E-state index >= 15 is 0 Å². The molecule has 8 nitrogen and oxygen atoms in total. The molecule has 1 N–H and O–H groups in total. The van der Waals surface area contributed by atoms with Crippen molar-refractivity contribution < 1.29 is 22.7 Å². The molecule has 1 amide bonds. The van der Waals surface area contributed by atoms with E-state index in [1.807, 2.05) is 6.92 Å². The van der Waals surface area contributed by atoms with Gasteiger partial charge in [-0.1, -0.05) is 0 Å². The van der Waals surface area contributed by atoms with E-state index in [1.54, 1.807) is 17.0 Å². The summed E-state index contributed by atoms with van der Waals surface area (Å²) in [5, 5.41) is 3.29. The van der Waals surface area contributed by atoms with Gasteiger partial charge >= 0.3 is 0 Å².